The lowest BCUT2D eigenvalue weighted by molar-refractivity contribution is -0.116. The van der Waals surface area contributed by atoms with E-state index in [0.717, 1.165) is 19.6 Å². The van der Waals surface area contributed by atoms with Gasteiger partial charge in [0.1, 0.15) is 0 Å². The van der Waals surface area contributed by atoms with E-state index in [0.29, 0.717) is 40.3 Å². The van der Waals surface area contributed by atoms with Crippen LogP contribution >= 0.6 is 11.6 Å². The van der Waals surface area contributed by atoms with Crippen molar-refractivity contribution < 1.29 is 9.32 Å². The van der Waals surface area contributed by atoms with Gasteiger partial charge in [0.25, 0.3) is 5.89 Å². The van der Waals surface area contributed by atoms with Crippen LogP contribution in [0.25, 0.3) is 11.5 Å². The van der Waals surface area contributed by atoms with E-state index in [2.05, 4.69) is 25.7 Å². The molecule has 2 aromatic rings. The van der Waals surface area contributed by atoms with E-state index in [1.807, 2.05) is 20.9 Å². The summed E-state index contributed by atoms with van der Waals surface area (Å²) >= 11 is 6.31. The summed E-state index contributed by atoms with van der Waals surface area (Å²) in [5.41, 5.74) is 1.27. The lowest BCUT2D eigenvalue weighted by atomic mass is 10.1. The average Bonchev–Trinajstić information content (AvgIpc) is 3.06. The molecule has 1 saturated heterocycles. The minimum absolute atomic E-state index is 0.0330. The summed E-state index contributed by atoms with van der Waals surface area (Å²) in [5, 5.41) is 10.8. The second kappa shape index (κ2) is 8.16. The number of hydrogen-bond donors (Lipinski definition) is 2. The number of benzene rings is 1. The highest BCUT2D eigenvalue weighted by atomic mass is 35.5. The number of halogens is 1. The fourth-order valence-electron chi connectivity index (χ4n) is 2.92. The van der Waals surface area contributed by atoms with Gasteiger partial charge in [-0.2, -0.15) is 4.98 Å². The molecule has 1 fully saturated rings. The van der Waals surface area contributed by atoms with Gasteiger partial charge in [-0.25, -0.2) is 0 Å². The van der Waals surface area contributed by atoms with Crippen LogP contribution in [0.2, 0.25) is 5.02 Å². The number of amides is 1. The average molecular weight is 378 g/mol. The molecule has 1 aliphatic heterocycles. The third-order valence-corrected chi connectivity index (χ3v) is 4.65. The van der Waals surface area contributed by atoms with E-state index in [9.17, 15) is 4.79 Å². The number of likely N-dealkylation sites (N-methyl/N-ethyl adjacent to an activating group) is 1. The largest absolute Gasteiger partial charge is 0.334 e. The fraction of sp³-hybridized carbons (Fsp3) is 0.500. The first-order valence-corrected chi connectivity index (χ1v) is 9.16. The number of nitrogens with one attached hydrogen (secondary N) is 2. The first-order valence-electron chi connectivity index (χ1n) is 8.78. The molecule has 8 heteroatoms. The van der Waals surface area contributed by atoms with Crippen molar-refractivity contribution in [2.24, 2.45) is 5.92 Å². The second-order valence-corrected chi connectivity index (χ2v) is 7.41. The van der Waals surface area contributed by atoms with Crippen LogP contribution in [0.5, 0.6) is 0 Å². The van der Waals surface area contributed by atoms with E-state index in [-0.39, 0.29) is 11.9 Å². The fourth-order valence-corrected chi connectivity index (χ4v) is 3.12. The molecule has 1 amide bonds. The number of rotatable bonds is 5. The van der Waals surface area contributed by atoms with Crippen LogP contribution in [0.4, 0.5) is 5.69 Å². The topological polar surface area (TPSA) is 83.3 Å². The van der Waals surface area contributed by atoms with Crippen LogP contribution in [0, 0.1) is 5.92 Å². The number of carbonyl (C=O) groups is 1. The maximum Gasteiger partial charge on any atom is 0.259 e. The Balaban J connectivity index is 1.80. The summed E-state index contributed by atoms with van der Waals surface area (Å²) < 4.78 is 5.44. The molecule has 0 aliphatic carbocycles. The minimum atomic E-state index is -0.0330. The Hall–Kier alpha value is -1.96. The molecule has 2 heterocycles. The zero-order valence-electron chi connectivity index (χ0n) is 15.3. The van der Waals surface area contributed by atoms with Crippen molar-refractivity contribution in [2.75, 3.05) is 32.0 Å². The van der Waals surface area contributed by atoms with Crippen LogP contribution in [-0.4, -0.2) is 47.6 Å². The van der Waals surface area contributed by atoms with Gasteiger partial charge >= 0.3 is 0 Å². The Bertz CT molecular complexity index is 777. The molecule has 140 valence electrons. The lowest BCUT2D eigenvalue weighted by Gasteiger charge is -2.30. The molecule has 1 aromatic carbocycles. The van der Waals surface area contributed by atoms with Crippen molar-refractivity contribution in [1.29, 1.82) is 0 Å². The van der Waals surface area contributed by atoms with Gasteiger partial charge < -0.3 is 15.2 Å². The highest BCUT2D eigenvalue weighted by molar-refractivity contribution is 6.33. The van der Waals surface area contributed by atoms with Gasteiger partial charge in [-0.15, -0.1) is 0 Å². The predicted octanol–water partition coefficient (Wildman–Crippen LogP) is 2.95. The maximum atomic E-state index is 12.0. The van der Waals surface area contributed by atoms with Crippen molar-refractivity contribution in [3.8, 4) is 11.5 Å². The monoisotopic (exact) mass is 377 g/mol. The molecule has 1 unspecified atom stereocenters. The van der Waals surface area contributed by atoms with Crippen LogP contribution in [0.3, 0.4) is 0 Å². The van der Waals surface area contributed by atoms with E-state index >= 15 is 0 Å². The van der Waals surface area contributed by atoms with Crippen molar-refractivity contribution in [3.63, 3.8) is 0 Å². The quantitative estimate of drug-likeness (QED) is 0.833. The maximum absolute atomic E-state index is 12.0. The van der Waals surface area contributed by atoms with Gasteiger partial charge in [-0.1, -0.05) is 30.6 Å². The van der Waals surface area contributed by atoms with Crippen molar-refractivity contribution in [3.05, 3.63) is 29.0 Å². The number of carbonyl (C=O) groups excluding carboxylic acids is 1. The molecule has 1 aliphatic rings. The molecule has 1 atom stereocenters. The number of nitrogens with zero attached hydrogens (tertiary/aromatic N) is 3. The number of hydrogen-bond acceptors (Lipinski definition) is 6. The van der Waals surface area contributed by atoms with Crippen molar-refractivity contribution in [1.82, 2.24) is 20.4 Å². The molecule has 2 N–H and O–H groups in total. The number of piperazine rings is 1. The van der Waals surface area contributed by atoms with Gasteiger partial charge in [-0.05, 0) is 31.2 Å². The van der Waals surface area contributed by atoms with Crippen LogP contribution in [-0.2, 0) is 4.79 Å². The summed E-state index contributed by atoms with van der Waals surface area (Å²) in [4.78, 5) is 18.7. The molecule has 3 rings (SSSR count). The summed E-state index contributed by atoms with van der Waals surface area (Å²) in [5.74, 6) is 1.24. The molecule has 0 spiro atoms. The van der Waals surface area contributed by atoms with Gasteiger partial charge in [0.15, 0.2) is 5.82 Å². The standard InChI is InChI=1S/C18H24ClN5O2/c1-11(2)8-16(25)21-12-4-5-14(19)13(9-12)18-22-17(23-26-18)15-10-20-6-7-24(15)3/h4-5,9,11,15,20H,6-8,10H2,1-3H3,(H,21,25). The second-order valence-electron chi connectivity index (χ2n) is 7.00. The first-order chi connectivity index (χ1) is 12.4. The first kappa shape index (κ1) is 18.8. The molecule has 0 radical (unpaired) electrons. The third-order valence-electron chi connectivity index (χ3n) is 4.32. The number of anilines is 1. The molecule has 7 nitrogen and oxygen atoms in total. The Labute approximate surface area is 158 Å². The molecule has 0 saturated carbocycles. The Kier molecular flexibility index (Phi) is 5.90. The van der Waals surface area contributed by atoms with Crippen LogP contribution in [0.15, 0.2) is 22.7 Å². The smallest absolute Gasteiger partial charge is 0.259 e. The summed E-state index contributed by atoms with van der Waals surface area (Å²) in [6, 6.07) is 5.31. The Morgan fingerprint density at radius 1 is 1.50 bits per heavy atom. The summed E-state index contributed by atoms with van der Waals surface area (Å²) in [6.45, 7) is 6.65. The Morgan fingerprint density at radius 2 is 2.31 bits per heavy atom. The van der Waals surface area contributed by atoms with E-state index < -0.39 is 0 Å². The highest BCUT2D eigenvalue weighted by Gasteiger charge is 2.26. The number of aromatic nitrogens is 2. The third kappa shape index (κ3) is 4.41. The summed E-state index contributed by atoms with van der Waals surface area (Å²) in [6.07, 6.45) is 0.462. The predicted molar refractivity (Wildman–Crippen MR) is 101 cm³/mol. The van der Waals surface area contributed by atoms with Gasteiger partial charge in [0.05, 0.1) is 16.6 Å². The molecule has 0 bridgehead atoms. The van der Waals surface area contributed by atoms with Gasteiger partial charge in [0.2, 0.25) is 5.91 Å². The normalized spacial score (nSPS) is 18.3. The van der Waals surface area contributed by atoms with Crippen molar-refractivity contribution >= 4 is 23.2 Å². The lowest BCUT2D eigenvalue weighted by Crippen LogP contribution is -2.44. The molecule has 26 heavy (non-hydrogen) atoms. The molecular formula is C18H24ClN5O2. The zero-order valence-corrected chi connectivity index (χ0v) is 16.0. The van der Waals surface area contributed by atoms with E-state index in [1.165, 1.54) is 0 Å². The SMILES string of the molecule is CC(C)CC(=O)Nc1ccc(Cl)c(-c2nc(C3CNCCN3C)no2)c1. The Morgan fingerprint density at radius 3 is 3.04 bits per heavy atom. The van der Waals surface area contributed by atoms with E-state index in [1.54, 1.807) is 18.2 Å². The van der Waals surface area contributed by atoms with Gasteiger partial charge in [0, 0.05) is 31.7 Å². The van der Waals surface area contributed by atoms with Crippen LogP contribution < -0.4 is 10.6 Å². The van der Waals surface area contributed by atoms with Crippen LogP contribution in [0.1, 0.15) is 32.1 Å². The van der Waals surface area contributed by atoms with Crippen molar-refractivity contribution in [2.45, 2.75) is 26.3 Å². The minimum Gasteiger partial charge on any atom is -0.334 e. The highest BCUT2D eigenvalue weighted by Crippen LogP contribution is 2.31. The molecular weight excluding hydrogens is 354 g/mol. The van der Waals surface area contributed by atoms with E-state index in [4.69, 9.17) is 16.1 Å². The van der Waals surface area contributed by atoms with Gasteiger partial charge in [-0.3, -0.25) is 9.69 Å². The molecule has 1 aromatic heterocycles. The summed E-state index contributed by atoms with van der Waals surface area (Å²) in [7, 11) is 2.04. The zero-order chi connectivity index (χ0) is 18.7.